The molecule has 0 aromatic carbocycles. The van der Waals surface area contributed by atoms with Crippen LogP contribution in [0.3, 0.4) is 0 Å². The third kappa shape index (κ3) is 1.49. The molecule has 0 aromatic rings. The predicted molar refractivity (Wildman–Crippen MR) is 66.4 cm³/mol. The largest absolute Gasteiger partial charge is 0.456 e. The molecule has 0 amide bonds. The van der Waals surface area contributed by atoms with Gasteiger partial charge in [-0.15, -0.1) is 0 Å². The standard InChI is InChI=1S/C15H22O2/c1-4-13(16)17-15-8-11-5-12(9-15)7-14(3,6-11)10(15)2/h4,10-12H,1,5-9H2,2-3H3. The second kappa shape index (κ2) is 3.37. The molecule has 3 unspecified atom stereocenters. The Balaban J connectivity index is 1.93. The molecule has 0 N–H and O–H groups in total. The molecular formula is C15H22O2. The van der Waals surface area contributed by atoms with E-state index >= 15 is 0 Å². The smallest absolute Gasteiger partial charge is 0.330 e. The summed E-state index contributed by atoms with van der Waals surface area (Å²) in [6.45, 7) is 8.21. The molecule has 0 aromatic heterocycles. The van der Waals surface area contributed by atoms with Crippen LogP contribution >= 0.6 is 0 Å². The predicted octanol–water partition coefficient (Wildman–Crippen LogP) is 3.32. The normalized spacial score (nSPS) is 51.3. The summed E-state index contributed by atoms with van der Waals surface area (Å²) in [4.78, 5) is 11.6. The van der Waals surface area contributed by atoms with E-state index < -0.39 is 0 Å². The Morgan fingerprint density at radius 2 is 1.88 bits per heavy atom. The van der Waals surface area contributed by atoms with E-state index in [1.165, 1.54) is 25.3 Å². The molecular weight excluding hydrogens is 212 g/mol. The summed E-state index contributed by atoms with van der Waals surface area (Å²) < 4.78 is 5.82. The molecule has 4 saturated carbocycles. The van der Waals surface area contributed by atoms with Gasteiger partial charge < -0.3 is 4.74 Å². The van der Waals surface area contributed by atoms with Crippen LogP contribution in [-0.2, 0) is 9.53 Å². The van der Waals surface area contributed by atoms with Gasteiger partial charge in [-0.3, -0.25) is 0 Å². The van der Waals surface area contributed by atoms with Crippen molar-refractivity contribution in [2.75, 3.05) is 0 Å². The minimum absolute atomic E-state index is 0.176. The van der Waals surface area contributed by atoms with Gasteiger partial charge in [-0.05, 0) is 49.4 Å². The van der Waals surface area contributed by atoms with Crippen molar-refractivity contribution in [2.24, 2.45) is 23.2 Å². The van der Waals surface area contributed by atoms with Crippen molar-refractivity contribution in [2.45, 2.75) is 51.6 Å². The SMILES string of the molecule is C=CC(=O)OC12CC3CC(CC(C)(C3)C1C)C2. The van der Waals surface area contributed by atoms with Crippen molar-refractivity contribution in [3.05, 3.63) is 12.7 Å². The molecule has 0 spiro atoms. The molecule has 0 aliphatic heterocycles. The van der Waals surface area contributed by atoms with Crippen LogP contribution in [-0.4, -0.2) is 11.6 Å². The average Bonchev–Trinajstić information content (AvgIpc) is 2.24. The van der Waals surface area contributed by atoms with Crippen molar-refractivity contribution in [1.29, 1.82) is 0 Å². The maximum absolute atomic E-state index is 11.6. The molecule has 94 valence electrons. The Kier molecular flexibility index (Phi) is 2.24. The highest BCUT2D eigenvalue weighted by atomic mass is 16.6. The number of rotatable bonds is 2. The number of esters is 1. The van der Waals surface area contributed by atoms with Gasteiger partial charge >= 0.3 is 5.97 Å². The Hall–Kier alpha value is -0.790. The topological polar surface area (TPSA) is 26.3 Å². The Morgan fingerprint density at radius 3 is 2.41 bits per heavy atom. The van der Waals surface area contributed by atoms with E-state index in [9.17, 15) is 4.79 Å². The first-order chi connectivity index (χ1) is 7.97. The van der Waals surface area contributed by atoms with Crippen LogP contribution < -0.4 is 0 Å². The fraction of sp³-hybridized carbons (Fsp3) is 0.800. The minimum atomic E-state index is -0.234. The second-order valence-electron chi connectivity index (χ2n) is 6.85. The van der Waals surface area contributed by atoms with Gasteiger partial charge in [0.2, 0.25) is 0 Å². The van der Waals surface area contributed by atoms with Crippen molar-refractivity contribution >= 4 is 5.97 Å². The van der Waals surface area contributed by atoms with E-state index in [1.807, 2.05) is 0 Å². The van der Waals surface area contributed by atoms with Gasteiger partial charge in [0.15, 0.2) is 0 Å². The Bertz CT molecular complexity index is 357. The van der Waals surface area contributed by atoms with E-state index in [-0.39, 0.29) is 11.6 Å². The lowest BCUT2D eigenvalue weighted by Gasteiger charge is -2.64. The van der Waals surface area contributed by atoms with Gasteiger partial charge in [-0.1, -0.05) is 20.4 Å². The molecule has 4 fully saturated rings. The molecule has 0 saturated heterocycles. The zero-order valence-corrected chi connectivity index (χ0v) is 10.9. The number of ether oxygens (including phenoxy) is 1. The fourth-order valence-corrected chi connectivity index (χ4v) is 5.17. The summed E-state index contributed by atoms with van der Waals surface area (Å²) in [7, 11) is 0. The van der Waals surface area contributed by atoms with E-state index in [1.54, 1.807) is 0 Å². The van der Waals surface area contributed by atoms with Crippen LogP contribution in [0.25, 0.3) is 0 Å². The lowest BCUT2D eigenvalue weighted by Crippen LogP contribution is -2.62. The number of hydrogen-bond acceptors (Lipinski definition) is 2. The quantitative estimate of drug-likeness (QED) is 0.541. The van der Waals surface area contributed by atoms with E-state index in [2.05, 4.69) is 20.4 Å². The van der Waals surface area contributed by atoms with Gasteiger partial charge in [-0.2, -0.15) is 0 Å². The molecule has 2 heteroatoms. The van der Waals surface area contributed by atoms with Gasteiger partial charge in [0.1, 0.15) is 5.60 Å². The third-order valence-corrected chi connectivity index (χ3v) is 5.75. The number of hydrogen-bond donors (Lipinski definition) is 0. The summed E-state index contributed by atoms with van der Waals surface area (Å²) in [6.07, 6.45) is 7.50. The van der Waals surface area contributed by atoms with Gasteiger partial charge in [0, 0.05) is 12.0 Å². The molecule has 17 heavy (non-hydrogen) atoms. The van der Waals surface area contributed by atoms with Gasteiger partial charge in [0.05, 0.1) is 0 Å². The van der Waals surface area contributed by atoms with Gasteiger partial charge in [-0.25, -0.2) is 4.79 Å². The van der Waals surface area contributed by atoms with E-state index in [0.717, 1.165) is 24.7 Å². The van der Waals surface area contributed by atoms with Crippen LogP contribution in [0.5, 0.6) is 0 Å². The van der Waals surface area contributed by atoms with Crippen LogP contribution in [0.1, 0.15) is 46.0 Å². The zero-order chi connectivity index (χ0) is 12.3. The molecule has 0 heterocycles. The fourth-order valence-electron chi connectivity index (χ4n) is 5.17. The second-order valence-corrected chi connectivity index (χ2v) is 6.85. The van der Waals surface area contributed by atoms with Crippen molar-refractivity contribution in [3.8, 4) is 0 Å². The summed E-state index contributed by atoms with van der Waals surface area (Å²) >= 11 is 0. The van der Waals surface area contributed by atoms with E-state index in [0.29, 0.717) is 11.3 Å². The van der Waals surface area contributed by atoms with Crippen molar-refractivity contribution in [3.63, 3.8) is 0 Å². The maximum Gasteiger partial charge on any atom is 0.330 e. The van der Waals surface area contributed by atoms with Crippen LogP contribution in [0.15, 0.2) is 12.7 Å². The molecule has 4 aliphatic rings. The molecule has 4 bridgehead atoms. The van der Waals surface area contributed by atoms with Crippen molar-refractivity contribution < 1.29 is 9.53 Å². The first-order valence-electron chi connectivity index (χ1n) is 6.83. The first kappa shape index (κ1) is 11.3. The minimum Gasteiger partial charge on any atom is -0.456 e. The number of carbonyl (C=O) groups is 1. The Morgan fingerprint density at radius 1 is 1.29 bits per heavy atom. The molecule has 3 atom stereocenters. The summed E-state index contributed by atoms with van der Waals surface area (Å²) in [5.41, 5.74) is 0.218. The summed E-state index contributed by atoms with van der Waals surface area (Å²) in [6, 6.07) is 0. The average molecular weight is 234 g/mol. The van der Waals surface area contributed by atoms with Crippen LogP contribution in [0, 0.1) is 23.2 Å². The monoisotopic (exact) mass is 234 g/mol. The third-order valence-electron chi connectivity index (χ3n) is 5.75. The highest BCUT2D eigenvalue weighted by Crippen LogP contribution is 2.65. The van der Waals surface area contributed by atoms with E-state index in [4.69, 9.17) is 4.74 Å². The lowest BCUT2D eigenvalue weighted by molar-refractivity contribution is -0.221. The Labute approximate surface area is 103 Å². The highest BCUT2D eigenvalue weighted by Gasteiger charge is 2.62. The highest BCUT2D eigenvalue weighted by molar-refractivity contribution is 5.81. The maximum atomic E-state index is 11.6. The molecule has 2 nitrogen and oxygen atoms in total. The number of carbonyl (C=O) groups excluding carboxylic acids is 1. The first-order valence-corrected chi connectivity index (χ1v) is 6.83. The molecule has 0 radical (unpaired) electrons. The van der Waals surface area contributed by atoms with Gasteiger partial charge in [0.25, 0.3) is 0 Å². The summed E-state index contributed by atoms with van der Waals surface area (Å²) in [5.74, 6) is 1.82. The van der Waals surface area contributed by atoms with Crippen LogP contribution in [0.2, 0.25) is 0 Å². The summed E-state index contributed by atoms with van der Waals surface area (Å²) in [5, 5.41) is 0. The molecule has 4 rings (SSSR count). The van der Waals surface area contributed by atoms with Crippen molar-refractivity contribution in [1.82, 2.24) is 0 Å². The van der Waals surface area contributed by atoms with Crippen LogP contribution in [0.4, 0.5) is 0 Å². The lowest BCUT2D eigenvalue weighted by atomic mass is 9.44. The zero-order valence-electron chi connectivity index (χ0n) is 10.9. The molecule has 4 aliphatic carbocycles.